The third-order valence-corrected chi connectivity index (χ3v) is 10.9. The third kappa shape index (κ3) is 3.58. The summed E-state index contributed by atoms with van der Waals surface area (Å²) in [4.78, 5) is 12.7. The van der Waals surface area contributed by atoms with Crippen LogP contribution in [0.2, 0.25) is 0 Å². The second-order valence-electron chi connectivity index (χ2n) is 13.4. The Balaban J connectivity index is 1.58. The Bertz CT molecular complexity index is 733. The van der Waals surface area contributed by atoms with Crippen molar-refractivity contribution in [1.82, 2.24) is 0 Å². The molecule has 0 amide bonds. The monoisotopic (exact) mass is 428 g/mol. The first-order chi connectivity index (χ1) is 14.4. The molecule has 31 heavy (non-hydrogen) atoms. The number of carbonyl (C=O) groups is 1. The van der Waals surface area contributed by atoms with Crippen LogP contribution in [0.4, 0.5) is 0 Å². The number of fused-ring (bicyclic) bond motifs is 5. The summed E-state index contributed by atoms with van der Waals surface area (Å²) >= 11 is 0. The van der Waals surface area contributed by atoms with Crippen LogP contribution in [0.3, 0.4) is 0 Å². The first-order valence-corrected chi connectivity index (χ1v) is 13.4. The largest absolute Gasteiger partial charge is 0.393 e. The fraction of sp³-hybridized carbons (Fsp3) is 0.897. The van der Waals surface area contributed by atoms with Crippen molar-refractivity contribution in [2.24, 2.45) is 51.8 Å². The Morgan fingerprint density at radius 1 is 1.06 bits per heavy atom. The van der Waals surface area contributed by atoms with Crippen LogP contribution in [0.15, 0.2) is 11.6 Å². The lowest BCUT2D eigenvalue weighted by Gasteiger charge is -2.60. The summed E-state index contributed by atoms with van der Waals surface area (Å²) in [5, 5.41) is 11.3. The Morgan fingerprint density at radius 3 is 2.45 bits per heavy atom. The molecule has 0 bridgehead atoms. The van der Waals surface area contributed by atoms with Crippen LogP contribution in [-0.4, -0.2) is 17.0 Å². The van der Waals surface area contributed by atoms with Crippen molar-refractivity contribution in [2.75, 3.05) is 0 Å². The number of hydrogen-bond acceptors (Lipinski definition) is 2. The molecule has 0 saturated heterocycles. The predicted molar refractivity (Wildman–Crippen MR) is 129 cm³/mol. The lowest BCUT2D eigenvalue weighted by Crippen LogP contribution is -2.53. The van der Waals surface area contributed by atoms with Crippen molar-refractivity contribution < 1.29 is 9.90 Å². The molecule has 176 valence electrons. The minimum atomic E-state index is -0.290. The van der Waals surface area contributed by atoms with Gasteiger partial charge in [0.25, 0.3) is 0 Å². The molecule has 0 aromatic carbocycles. The van der Waals surface area contributed by atoms with Crippen LogP contribution in [0, 0.1) is 51.8 Å². The van der Waals surface area contributed by atoms with E-state index in [4.69, 9.17) is 0 Å². The predicted octanol–water partition coefficient (Wildman–Crippen LogP) is 7.20. The molecule has 2 nitrogen and oxygen atoms in total. The van der Waals surface area contributed by atoms with Gasteiger partial charge in [0.15, 0.2) is 0 Å². The van der Waals surface area contributed by atoms with Crippen LogP contribution in [0.25, 0.3) is 0 Å². The van der Waals surface area contributed by atoms with Gasteiger partial charge in [0.2, 0.25) is 0 Å². The van der Waals surface area contributed by atoms with E-state index in [1.807, 2.05) is 0 Å². The zero-order chi connectivity index (χ0) is 22.8. The number of aliphatic hydroxyl groups excluding tert-OH is 1. The number of Topliss-reactive ketones (excluding diaryl/α,β-unsaturated/α-hetero) is 1. The molecule has 0 radical (unpaired) electrons. The van der Waals surface area contributed by atoms with Gasteiger partial charge in [-0.2, -0.15) is 0 Å². The molecule has 3 fully saturated rings. The second-order valence-corrected chi connectivity index (χ2v) is 13.4. The normalized spacial score (nSPS) is 45.0. The Morgan fingerprint density at radius 2 is 1.77 bits per heavy atom. The molecule has 0 aromatic heterocycles. The highest BCUT2D eigenvalue weighted by Gasteiger charge is 2.63. The van der Waals surface area contributed by atoms with Crippen LogP contribution in [0.1, 0.15) is 106 Å². The maximum atomic E-state index is 12.7. The number of hydrogen-bond donors (Lipinski definition) is 1. The molecule has 4 aliphatic carbocycles. The minimum Gasteiger partial charge on any atom is -0.393 e. The summed E-state index contributed by atoms with van der Waals surface area (Å²) in [6.07, 6.45) is 12.6. The summed E-state index contributed by atoms with van der Waals surface area (Å²) in [6.45, 7) is 16.4. The van der Waals surface area contributed by atoms with Crippen molar-refractivity contribution in [3.8, 4) is 0 Å². The maximum Gasteiger partial charge on any atom is 0.142 e. The molecular formula is C29H48O2. The van der Waals surface area contributed by atoms with Gasteiger partial charge in [-0.15, -0.1) is 0 Å². The van der Waals surface area contributed by atoms with E-state index < -0.39 is 0 Å². The van der Waals surface area contributed by atoms with E-state index in [0.29, 0.717) is 35.4 Å². The number of ketones is 1. The lowest BCUT2D eigenvalue weighted by atomic mass is 9.44. The Kier molecular flexibility index (Phi) is 6.07. The summed E-state index contributed by atoms with van der Waals surface area (Å²) in [6, 6.07) is 0. The molecule has 3 saturated carbocycles. The smallest absolute Gasteiger partial charge is 0.142 e. The fourth-order valence-corrected chi connectivity index (χ4v) is 9.33. The standard InChI is InChI=1S/C29H48O2/c1-18(2)9-8-10-19(3)26-23(30)17-22-20-11-12-24-27(4,5)25(31)14-16-28(24,6)21(20)13-15-29(22,26)7/h12,18-23,26,30H,8-11,13-17H2,1-7H3/t19-,20-,21+,22+,23-,26+,28-,29+/m1/s1. The van der Waals surface area contributed by atoms with Crippen LogP contribution in [-0.2, 0) is 4.79 Å². The molecule has 4 aliphatic rings. The summed E-state index contributed by atoms with van der Waals surface area (Å²) in [5.74, 6) is 4.26. The number of allylic oxidation sites excluding steroid dienone is 2. The molecule has 2 heteroatoms. The first kappa shape index (κ1) is 23.5. The zero-order valence-electron chi connectivity index (χ0n) is 21.3. The van der Waals surface area contributed by atoms with Gasteiger partial charge in [-0.3, -0.25) is 4.79 Å². The van der Waals surface area contributed by atoms with Crippen molar-refractivity contribution in [3.05, 3.63) is 11.6 Å². The van der Waals surface area contributed by atoms with Gasteiger partial charge in [0.05, 0.1) is 6.10 Å². The van der Waals surface area contributed by atoms with Gasteiger partial charge in [-0.1, -0.05) is 65.5 Å². The van der Waals surface area contributed by atoms with E-state index in [0.717, 1.165) is 31.6 Å². The van der Waals surface area contributed by atoms with Crippen molar-refractivity contribution in [3.63, 3.8) is 0 Å². The average Bonchev–Trinajstić information content (AvgIpc) is 2.95. The molecule has 0 spiro atoms. The number of carbonyl (C=O) groups excluding carboxylic acids is 1. The van der Waals surface area contributed by atoms with Crippen molar-refractivity contribution >= 4 is 5.78 Å². The molecule has 0 aromatic rings. The maximum absolute atomic E-state index is 12.7. The van der Waals surface area contributed by atoms with E-state index in [-0.39, 0.29) is 22.3 Å². The lowest BCUT2D eigenvalue weighted by molar-refractivity contribution is -0.132. The van der Waals surface area contributed by atoms with Crippen molar-refractivity contribution in [1.29, 1.82) is 0 Å². The first-order valence-electron chi connectivity index (χ1n) is 13.4. The molecule has 1 N–H and O–H groups in total. The van der Waals surface area contributed by atoms with Gasteiger partial charge in [-0.05, 0) is 92.3 Å². The van der Waals surface area contributed by atoms with Gasteiger partial charge in [-0.25, -0.2) is 0 Å². The van der Waals surface area contributed by atoms with Gasteiger partial charge >= 0.3 is 0 Å². The van der Waals surface area contributed by atoms with Crippen LogP contribution < -0.4 is 0 Å². The summed E-state index contributed by atoms with van der Waals surface area (Å²) in [7, 11) is 0. The Hall–Kier alpha value is -0.630. The van der Waals surface area contributed by atoms with Crippen molar-refractivity contribution in [2.45, 2.75) is 112 Å². The summed E-state index contributed by atoms with van der Waals surface area (Å²) in [5.41, 5.74) is 1.60. The van der Waals surface area contributed by atoms with E-state index >= 15 is 0 Å². The Labute approximate surface area is 191 Å². The van der Waals surface area contributed by atoms with E-state index in [1.165, 1.54) is 37.7 Å². The average molecular weight is 429 g/mol. The van der Waals surface area contributed by atoms with E-state index in [1.54, 1.807) is 0 Å². The molecule has 0 aliphatic heterocycles. The molecule has 0 heterocycles. The fourth-order valence-electron chi connectivity index (χ4n) is 9.33. The van der Waals surface area contributed by atoms with Crippen LogP contribution >= 0.6 is 0 Å². The SMILES string of the molecule is CC(C)CCC[C@@H](C)[C@H]1[C@H](O)C[C@H]2[C@@H]3CC=C4C(C)(C)C(=O)CC[C@]4(C)[C@H]3CC[C@]12C. The number of rotatable bonds is 5. The molecule has 4 rings (SSSR count). The number of aliphatic hydroxyl groups is 1. The molecule has 8 atom stereocenters. The second kappa shape index (κ2) is 8.00. The minimum absolute atomic E-state index is 0.134. The van der Waals surface area contributed by atoms with Gasteiger partial charge in [0.1, 0.15) is 5.78 Å². The topological polar surface area (TPSA) is 37.3 Å². The van der Waals surface area contributed by atoms with Gasteiger partial charge in [0, 0.05) is 11.8 Å². The highest BCUT2D eigenvalue weighted by Crippen LogP contribution is 2.68. The quantitative estimate of drug-likeness (QED) is 0.470. The van der Waals surface area contributed by atoms with Gasteiger partial charge < -0.3 is 5.11 Å². The summed E-state index contributed by atoms with van der Waals surface area (Å²) < 4.78 is 0. The molecular weight excluding hydrogens is 380 g/mol. The zero-order valence-corrected chi connectivity index (χ0v) is 21.3. The van der Waals surface area contributed by atoms with Crippen LogP contribution in [0.5, 0.6) is 0 Å². The van der Waals surface area contributed by atoms with E-state index in [2.05, 4.69) is 54.5 Å². The highest BCUT2D eigenvalue weighted by atomic mass is 16.3. The third-order valence-electron chi connectivity index (χ3n) is 10.9. The molecule has 0 unspecified atom stereocenters. The van der Waals surface area contributed by atoms with E-state index in [9.17, 15) is 9.90 Å². The highest BCUT2D eigenvalue weighted by molar-refractivity contribution is 5.89.